The number of aromatic nitrogens is 2. The molecule has 11 heteroatoms. The topological polar surface area (TPSA) is 67.4 Å². The fraction of sp³-hybridized carbons (Fsp3) is 0.360. The Balaban J connectivity index is 1.37. The van der Waals surface area contributed by atoms with Gasteiger partial charge in [0.25, 0.3) is 5.03 Å². The van der Waals surface area contributed by atoms with Crippen molar-refractivity contribution in [2.45, 2.75) is 37.0 Å². The highest BCUT2D eigenvalue weighted by Crippen LogP contribution is 2.38. The number of hydrogen-bond acceptors (Lipinski definition) is 6. The average molecular weight is 520 g/mol. The molecule has 1 aliphatic carbocycles. The molecule has 0 spiro atoms. The van der Waals surface area contributed by atoms with Crippen molar-refractivity contribution in [3.05, 3.63) is 65.5 Å². The Hall–Kier alpha value is -2.89. The number of pyridine rings is 2. The van der Waals surface area contributed by atoms with Crippen LogP contribution < -0.4 is 9.62 Å². The van der Waals surface area contributed by atoms with E-state index in [9.17, 15) is 22.1 Å². The third-order valence-electron chi connectivity index (χ3n) is 6.45. The third-order valence-corrected chi connectivity index (χ3v) is 7.45. The largest absolute Gasteiger partial charge is 0.587 e. The van der Waals surface area contributed by atoms with Crippen LogP contribution in [0.5, 0.6) is 0 Å². The number of aryl methyl sites for hydroxylation is 1. The molecule has 5 rings (SSSR count). The van der Waals surface area contributed by atoms with E-state index in [1.165, 1.54) is 25.0 Å². The SMILES string of the molecule is Cc1ccc(F)cc1-c1nc(N[S+]([O-])c2cccc(N3CCN(C4CC4)CC3)n2)ccc1C(F)(F)F. The molecule has 0 bridgehead atoms. The molecule has 6 nitrogen and oxygen atoms in total. The summed E-state index contributed by atoms with van der Waals surface area (Å²) in [4.78, 5) is 13.2. The number of nitrogens with one attached hydrogen (secondary N) is 1. The molecule has 3 aromatic rings. The lowest BCUT2D eigenvalue weighted by Crippen LogP contribution is -2.47. The molecular weight excluding hydrogens is 494 g/mol. The van der Waals surface area contributed by atoms with Crippen LogP contribution in [0.25, 0.3) is 11.3 Å². The Bertz CT molecular complexity index is 1250. The summed E-state index contributed by atoms with van der Waals surface area (Å²) in [6, 6.07) is 11.5. The fourth-order valence-corrected chi connectivity index (χ4v) is 5.17. The lowest BCUT2D eigenvalue weighted by Gasteiger charge is -2.35. The molecule has 1 atom stereocenters. The first-order chi connectivity index (χ1) is 17.2. The first-order valence-electron chi connectivity index (χ1n) is 11.7. The zero-order chi connectivity index (χ0) is 25.4. The van der Waals surface area contributed by atoms with Gasteiger partial charge in [-0.05, 0) is 55.7 Å². The van der Waals surface area contributed by atoms with Gasteiger partial charge in [0.2, 0.25) is 0 Å². The van der Waals surface area contributed by atoms with Gasteiger partial charge in [0.05, 0.1) is 11.3 Å². The van der Waals surface area contributed by atoms with E-state index in [0.717, 1.165) is 44.4 Å². The molecule has 36 heavy (non-hydrogen) atoms. The maximum absolute atomic E-state index is 13.9. The van der Waals surface area contributed by atoms with Crippen molar-refractivity contribution in [1.29, 1.82) is 0 Å². The molecule has 1 saturated heterocycles. The number of benzene rings is 1. The van der Waals surface area contributed by atoms with Crippen LogP contribution in [0.15, 0.2) is 53.6 Å². The van der Waals surface area contributed by atoms with E-state index < -0.39 is 34.6 Å². The first kappa shape index (κ1) is 24.8. The van der Waals surface area contributed by atoms with Crippen LogP contribution >= 0.6 is 0 Å². The van der Waals surface area contributed by atoms with Gasteiger partial charge in [0.1, 0.15) is 23.0 Å². The molecule has 2 aliphatic rings. The summed E-state index contributed by atoms with van der Waals surface area (Å²) in [7, 11) is 0. The van der Waals surface area contributed by atoms with Gasteiger partial charge < -0.3 is 9.45 Å². The normalized spacial score (nSPS) is 17.8. The molecule has 2 aromatic heterocycles. The average Bonchev–Trinajstić information content (AvgIpc) is 3.71. The van der Waals surface area contributed by atoms with Crippen LogP contribution in [-0.2, 0) is 17.5 Å². The predicted molar refractivity (Wildman–Crippen MR) is 130 cm³/mol. The quantitative estimate of drug-likeness (QED) is 0.364. The second-order valence-electron chi connectivity index (χ2n) is 9.01. The number of alkyl halides is 3. The van der Waals surface area contributed by atoms with Crippen molar-refractivity contribution < 1.29 is 22.1 Å². The van der Waals surface area contributed by atoms with Gasteiger partial charge in [0.15, 0.2) is 5.82 Å². The molecule has 0 radical (unpaired) electrons. The van der Waals surface area contributed by atoms with Crippen molar-refractivity contribution in [1.82, 2.24) is 14.9 Å². The van der Waals surface area contributed by atoms with E-state index in [1.807, 2.05) is 6.07 Å². The summed E-state index contributed by atoms with van der Waals surface area (Å²) < 4.78 is 70.6. The molecule has 3 heterocycles. The number of anilines is 2. The van der Waals surface area contributed by atoms with Gasteiger partial charge in [0, 0.05) is 43.9 Å². The second kappa shape index (κ2) is 9.87. The Morgan fingerprint density at radius 1 is 1.00 bits per heavy atom. The number of rotatable bonds is 6. The maximum Gasteiger partial charge on any atom is 0.418 e. The molecule has 0 amide bonds. The van der Waals surface area contributed by atoms with Crippen molar-refractivity contribution in [3.8, 4) is 11.3 Å². The highest BCUT2D eigenvalue weighted by atomic mass is 32.2. The van der Waals surface area contributed by atoms with E-state index in [-0.39, 0.29) is 16.4 Å². The van der Waals surface area contributed by atoms with E-state index >= 15 is 0 Å². The van der Waals surface area contributed by atoms with Crippen molar-refractivity contribution in [2.24, 2.45) is 0 Å². The van der Waals surface area contributed by atoms with Crippen LogP contribution in [0.3, 0.4) is 0 Å². The highest BCUT2D eigenvalue weighted by molar-refractivity contribution is 7.92. The molecule has 2 fully saturated rings. The molecule has 1 saturated carbocycles. The van der Waals surface area contributed by atoms with Crippen LogP contribution in [0, 0.1) is 12.7 Å². The predicted octanol–water partition coefficient (Wildman–Crippen LogP) is 5.03. The van der Waals surface area contributed by atoms with E-state index in [1.54, 1.807) is 19.1 Å². The standard InChI is InChI=1S/C25H25F4N5OS/c1-16-5-6-17(26)15-19(16)24-20(25(27,28)29)9-10-21(30-24)32-36(35)23-4-2-3-22(31-23)34-13-11-33(12-14-34)18-7-8-18/h2-6,9-10,15,18H,7-8,11-14H2,1H3,(H,30,32). The van der Waals surface area contributed by atoms with Gasteiger partial charge in [-0.3, -0.25) is 4.90 Å². The van der Waals surface area contributed by atoms with Gasteiger partial charge in [-0.15, -0.1) is 0 Å². The Kier molecular flexibility index (Phi) is 6.80. The minimum atomic E-state index is -4.70. The van der Waals surface area contributed by atoms with Crippen molar-refractivity contribution in [2.75, 3.05) is 35.8 Å². The number of halogens is 4. The highest BCUT2D eigenvalue weighted by Gasteiger charge is 2.36. The van der Waals surface area contributed by atoms with Crippen molar-refractivity contribution >= 4 is 23.0 Å². The summed E-state index contributed by atoms with van der Waals surface area (Å²) in [5, 5.41) is 0.238. The number of hydrogen-bond donors (Lipinski definition) is 1. The van der Waals surface area contributed by atoms with Crippen LogP contribution in [0.2, 0.25) is 0 Å². The summed E-state index contributed by atoms with van der Waals surface area (Å²) in [5.41, 5.74) is -0.985. The van der Waals surface area contributed by atoms with Gasteiger partial charge >= 0.3 is 6.18 Å². The zero-order valence-electron chi connectivity index (χ0n) is 19.6. The van der Waals surface area contributed by atoms with E-state index in [0.29, 0.717) is 17.4 Å². The zero-order valence-corrected chi connectivity index (χ0v) is 20.4. The van der Waals surface area contributed by atoms with Crippen LogP contribution in [0.1, 0.15) is 24.0 Å². The smallest absolute Gasteiger partial charge is 0.418 e. The number of piperazine rings is 1. The lowest BCUT2D eigenvalue weighted by atomic mass is 10.0. The second-order valence-corrected chi connectivity index (χ2v) is 10.2. The van der Waals surface area contributed by atoms with Crippen LogP contribution in [0.4, 0.5) is 29.2 Å². The summed E-state index contributed by atoms with van der Waals surface area (Å²) in [6.07, 6.45) is -2.17. The van der Waals surface area contributed by atoms with E-state index in [4.69, 9.17) is 0 Å². The van der Waals surface area contributed by atoms with Crippen LogP contribution in [-0.4, -0.2) is 51.6 Å². The van der Waals surface area contributed by atoms with E-state index in [2.05, 4.69) is 24.5 Å². The van der Waals surface area contributed by atoms with Crippen molar-refractivity contribution in [3.63, 3.8) is 0 Å². The fourth-order valence-electron chi connectivity index (χ4n) is 4.39. The Morgan fingerprint density at radius 2 is 1.75 bits per heavy atom. The Morgan fingerprint density at radius 3 is 2.44 bits per heavy atom. The molecular formula is C25H25F4N5OS. The molecule has 190 valence electrons. The van der Waals surface area contributed by atoms with Gasteiger partial charge in [-0.1, -0.05) is 12.1 Å². The summed E-state index contributed by atoms with van der Waals surface area (Å²) >= 11 is -1.87. The summed E-state index contributed by atoms with van der Waals surface area (Å²) in [6.45, 7) is 5.13. The monoisotopic (exact) mass is 519 g/mol. The molecule has 1 aromatic carbocycles. The van der Waals surface area contributed by atoms with Gasteiger partial charge in [-0.25, -0.2) is 9.37 Å². The molecule has 1 N–H and O–H groups in total. The molecule has 1 unspecified atom stereocenters. The molecule has 1 aliphatic heterocycles. The van der Waals surface area contributed by atoms with Gasteiger partial charge in [-0.2, -0.15) is 22.9 Å². The maximum atomic E-state index is 13.9. The lowest BCUT2D eigenvalue weighted by molar-refractivity contribution is -0.137. The number of nitrogens with zero attached hydrogens (tertiary/aromatic N) is 4. The summed E-state index contributed by atoms with van der Waals surface area (Å²) in [5.74, 6) is -0.00811. The minimum absolute atomic E-state index is 0.0159. The Labute approximate surface area is 209 Å². The minimum Gasteiger partial charge on any atom is -0.587 e. The first-order valence-corrected chi connectivity index (χ1v) is 12.8. The third kappa shape index (κ3) is 5.42.